The predicted molar refractivity (Wildman–Crippen MR) is 357 cm³/mol. The number of amides is 2. The lowest BCUT2D eigenvalue weighted by atomic mass is 9.94. The highest BCUT2D eigenvalue weighted by Crippen LogP contribution is 2.45. The number of hydrogen-bond acceptors (Lipinski definition) is 20. The molecule has 2 amide bonds. The van der Waals surface area contributed by atoms with Gasteiger partial charge in [0.2, 0.25) is 0 Å². The van der Waals surface area contributed by atoms with Gasteiger partial charge in [0, 0.05) is 18.5 Å². The van der Waals surface area contributed by atoms with Gasteiger partial charge >= 0.3 is 29.8 Å². The molecule has 7 aromatic carbocycles. The maximum atomic E-state index is 15.3. The minimum Gasteiger partial charge on any atom is -0.459 e. The SMILES string of the molecule is CC(=O)OC1C(OC2OC(COC(=O)c3ccccc3)C(OC(=O)c3ccccc3)C(OC(=O)c3ccccc3)C2OC(=O)c2ccccc2)C(CO[Si](c2ccccc2)(c2ccccc2)C(C)(C)C)OC(Sc2nc(-c3ccccn3)cs2)C1N1C(=O)c2ccccc2C1=O. The number of imide groups is 1. The summed E-state index contributed by atoms with van der Waals surface area (Å²) in [5.41, 5.74) is 0.118. The van der Waals surface area contributed by atoms with Crippen LogP contribution in [0.3, 0.4) is 0 Å². The Hall–Kier alpha value is -9.78. The summed E-state index contributed by atoms with van der Waals surface area (Å²) in [6, 6.07) is 61.4. The Morgan fingerprint density at radius 2 is 0.969 bits per heavy atom. The van der Waals surface area contributed by atoms with E-state index in [4.69, 9.17) is 47.3 Å². The number of thiazole rings is 1. The van der Waals surface area contributed by atoms with Crippen molar-refractivity contribution < 1.29 is 75.9 Å². The number of benzene rings is 7. The second kappa shape index (κ2) is 29.5. The molecule has 2 fully saturated rings. The Morgan fingerprint density at radius 3 is 1.46 bits per heavy atom. The highest BCUT2D eigenvalue weighted by molar-refractivity contribution is 8.01. The molecular formula is C74H65N3O16S2Si. The van der Waals surface area contributed by atoms with Gasteiger partial charge in [-0.25, -0.2) is 24.2 Å². The summed E-state index contributed by atoms with van der Waals surface area (Å²) in [5, 5.41) is 2.91. The fourth-order valence-electron chi connectivity index (χ4n) is 12.2. The van der Waals surface area contributed by atoms with Crippen LogP contribution in [0.25, 0.3) is 11.4 Å². The van der Waals surface area contributed by atoms with Gasteiger partial charge in [-0.2, -0.15) is 0 Å². The number of aromatic nitrogens is 2. The lowest BCUT2D eigenvalue weighted by Gasteiger charge is -2.51. The largest absolute Gasteiger partial charge is 0.459 e. The summed E-state index contributed by atoms with van der Waals surface area (Å²) in [7, 11) is -3.60. The Morgan fingerprint density at radius 1 is 0.510 bits per heavy atom. The smallest absolute Gasteiger partial charge is 0.338 e. The van der Waals surface area contributed by atoms with Crippen LogP contribution in [0.4, 0.5) is 0 Å². The quantitative estimate of drug-likeness (QED) is 0.0282. The van der Waals surface area contributed by atoms with E-state index in [2.05, 4.69) is 25.8 Å². The van der Waals surface area contributed by atoms with E-state index in [0.29, 0.717) is 15.7 Å². The van der Waals surface area contributed by atoms with E-state index >= 15 is 9.59 Å². The molecule has 10 unspecified atom stereocenters. The fourth-order valence-corrected chi connectivity index (χ4v) is 18.9. The van der Waals surface area contributed by atoms with E-state index in [1.165, 1.54) is 72.0 Å². The molecule has 2 saturated heterocycles. The molecule has 96 heavy (non-hydrogen) atoms. The number of pyridine rings is 1. The molecule has 9 aromatic rings. The van der Waals surface area contributed by atoms with Gasteiger partial charge in [-0.05, 0) is 88.2 Å². The predicted octanol–water partition coefficient (Wildman–Crippen LogP) is 10.8. The Kier molecular flexibility index (Phi) is 20.3. The molecule has 2 aromatic heterocycles. The van der Waals surface area contributed by atoms with E-state index < -0.39 is 122 Å². The van der Waals surface area contributed by atoms with Gasteiger partial charge in [0.1, 0.15) is 42.1 Å². The van der Waals surface area contributed by atoms with Crippen molar-refractivity contribution in [2.24, 2.45) is 0 Å². The van der Waals surface area contributed by atoms with E-state index in [0.717, 1.165) is 34.0 Å². The first-order valence-corrected chi connectivity index (χ1v) is 34.6. The van der Waals surface area contributed by atoms with Crippen LogP contribution in [0, 0.1) is 0 Å². The monoisotopic (exact) mass is 1340 g/mol. The molecule has 0 aliphatic carbocycles. The van der Waals surface area contributed by atoms with Crippen molar-refractivity contribution in [1.82, 2.24) is 14.9 Å². The number of rotatable bonds is 21. The highest BCUT2D eigenvalue weighted by Gasteiger charge is 2.61. The van der Waals surface area contributed by atoms with Gasteiger partial charge < -0.3 is 42.3 Å². The van der Waals surface area contributed by atoms with Crippen LogP contribution in [0.1, 0.15) is 89.8 Å². The van der Waals surface area contributed by atoms with Crippen molar-refractivity contribution in [3.63, 3.8) is 0 Å². The molecule has 488 valence electrons. The zero-order chi connectivity index (χ0) is 66.9. The van der Waals surface area contributed by atoms with Gasteiger partial charge in [0.15, 0.2) is 35.0 Å². The fraction of sp³-hybridized carbons (Fsp3) is 0.230. The number of ether oxygens (including phenoxy) is 8. The summed E-state index contributed by atoms with van der Waals surface area (Å²) in [6.07, 6.45) is -12.7. The normalized spacial score (nSPS) is 21.7. The maximum absolute atomic E-state index is 15.3. The molecule has 0 saturated carbocycles. The van der Waals surface area contributed by atoms with Crippen LogP contribution in [0.15, 0.2) is 240 Å². The molecule has 0 N–H and O–H groups in total. The van der Waals surface area contributed by atoms with E-state index in [1.54, 1.807) is 109 Å². The summed E-state index contributed by atoms with van der Waals surface area (Å²) in [5.74, 6) is -6.11. The molecule has 3 aliphatic rings. The first kappa shape index (κ1) is 66.2. The van der Waals surface area contributed by atoms with E-state index in [9.17, 15) is 24.0 Å². The molecule has 22 heteroatoms. The Bertz CT molecular complexity index is 4140. The molecular weight excluding hydrogens is 1280 g/mol. The van der Waals surface area contributed by atoms with Crippen molar-refractivity contribution in [1.29, 1.82) is 0 Å². The standard InChI is InChI=1S/C74H65N3O16S2Si/c1-46(78)87-62-59(77-65(79)53-39-23-24-40-54(53)66(77)80)72(95-73-76-56(45-94-73)55-41-25-26-42-75-55)89-58(44-86-96(74(2,3)4,51-35-19-9-20-36-51)52-37-21-10-22-38-52)60(62)93-71-64(92-70(84)50-33-17-8-18-34-50)63(91-69(83)49-31-15-7-16-32-49)61(90-68(82)48-29-13-6-14-30-48)57(88-71)43-85-67(81)47-27-11-5-12-28-47/h5-42,45,57-64,71-72H,43-44H2,1-4H3. The summed E-state index contributed by atoms with van der Waals surface area (Å²) in [6.45, 7) is 6.31. The average Bonchev–Trinajstić information content (AvgIpc) is 1.37. The second-order valence-corrected chi connectivity index (χ2v) is 30.3. The number of hydrogen-bond donors (Lipinski definition) is 0. The zero-order valence-corrected chi connectivity index (χ0v) is 55.0. The van der Waals surface area contributed by atoms with Gasteiger partial charge in [-0.15, -0.1) is 11.3 Å². The first-order chi connectivity index (χ1) is 46.6. The van der Waals surface area contributed by atoms with Gasteiger partial charge in [0.05, 0.1) is 45.7 Å². The van der Waals surface area contributed by atoms with Crippen LogP contribution in [0.5, 0.6) is 0 Å². The summed E-state index contributed by atoms with van der Waals surface area (Å²) >= 11 is 2.31. The molecule has 5 heterocycles. The van der Waals surface area contributed by atoms with E-state index in [1.807, 2.05) is 66.7 Å². The lowest BCUT2D eigenvalue weighted by molar-refractivity contribution is -0.332. The number of esters is 5. The number of nitrogens with zero attached hydrogens (tertiary/aromatic N) is 3. The molecule has 19 nitrogen and oxygen atoms in total. The minimum absolute atomic E-state index is 0.0236. The number of thioether (sulfide) groups is 1. The molecule has 10 atom stereocenters. The average molecular weight is 1340 g/mol. The topological polar surface area (TPSA) is 232 Å². The molecule has 3 aliphatic heterocycles. The van der Waals surface area contributed by atoms with Crippen molar-refractivity contribution in [3.05, 3.63) is 269 Å². The first-order valence-electron chi connectivity index (χ1n) is 31.0. The van der Waals surface area contributed by atoms with Crippen LogP contribution in [-0.2, 0) is 47.1 Å². The van der Waals surface area contributed by atoms with Crippen LogP contribution >= 0.6 is 23.1 Å². The summed E-state index contributed by atoms with van der Waals surface area (Å²) in [4.78, 5) is 114. The number of fused-ring (bicyclic) bond motifs is 1. The van der Waals surface area contributed by atoms with Crippen LogP contribution < -0.4 is 10.4 Å². The van der Waals surface area contributed by atoms with E-state index in [-0.39, 0.29) is 40.0 Å². The Labute approximate surface area is 562 Å². The second-order valence-electron chi connectivity index (χ2n) is 23.8. The third kappa shape index (κ3) is 14.3. The Balaban J connectivity index is 1.05. The molecule has 0 spiro atoms. The van der Waals surface area contributed by atoms with Gasteiger partial charge in [-0.3, -0.25) is 24.3 Å². The number of carbonyl (C=O) groups excluding carboxylic acids is 7. The third-order valence-corrected chi connectivity index (χ3v) is 23.7. The van der Waals surface area contributed by atoms with Crippen LogP contribution in [0.2, 0.25) is 5.04 Å². The van der Waals surface area contributed by atoms with Crippen molar-refractivity contribution in [2.75, 3.05) is 13.2 Å². The van der Waals surface area contributed by atoms with Crippen molar-refractivity contribution in [2.45, 2.75) is 97.6 Å². The summed E-state index contributed by atoms with van der Waals surface area (Å²) < 4.78 is 62.0. The molecule has 0 bridgehead atoms. The van der Waals surface area contributed by atoms with Crippen LogP contribution in [-0.4, -0.2) is 139 Å². The molecule has 0 radical (unpaired) electrons. The molecule has 12 rings (SSSR count). The van der Waals surface area contributed by atoms with Crippen molar-refractivity contribution >= 4 is 83.5 Å². The van der Waals surface area contributed by atoms with Gasteiger partial charge in [0.25, 0.3) is 20.1 Å². The maximum Gasteiger partial charge on any atom is 0.338 e. The lowest BCUT2D eigenvalue weighted by Crippen LogP contribution is -2.70. The van der Waals surface area contributed by atoms with Crippen molar-refractivity contribution in [3.8, 4) is 11.4 Å². The highest BCUT2D eigenvalue weighted by atomic mass is 32.2. The van der Waals surface area contributed by atoms with Gasteiger partial charge in [-0.1, -0.05) is 184 Å². The minimum atomic E-state index is -3.60. The third-order valence-electron chi connectivity index (χ3n) is 16.6. The zero-order valence-electron chi connectivity index (χ0n) is 52.4. The number of carbonyl (C=O) groups is 7.